The minimum Gasteiger partial charge on any atom is -0.342 e. The van der Waals surface area contributed by atoms with Crippen LogP contribution in [0, 0.1) is 0 Å². The number of carbonyl (C=O) groups excluding carboxylic acids is 1. The number of hydrogen-bond donors (Lipinski definition) is 1. The summed E-state index contributed by atoms with van der Waals surface area (Å²) in [5.74, 6) is 0.992. The molecule has 1 aliphatic carbocycles. The molecule has 1 saturated carbocycles. The fourth-order valence-electron chi connectivity index (χ4n) is 3.24. The van der Waals surface area contributed by atoms with E-state index in [4.69, 9.17) is 11.6 Å². The zero-order valence-corrected chi connectivity index (χ0v) is 19.2. The first-order valence-corrected chi connectivity index (χ1v) is 12.3. The van der Waals surface area contributed by atoms with Gasteiger partial charge in [-0.15, -0.1) is 5.10 Å². The molecule has 1 N–H and O–H groups in total. The van der Waals surface area contributed by atoms with E-state index in [0.29, 0.717) is 22.5 Å². The number of rotatable bonds is 7. The topological polar surface area (TPSA) is 107 Å². The third-order valence-electron chi connectivity index (χ3n) is 5.13. The van der Waals surface area contributed by atoms with Gasteiger partial charge in [0, 0.05) is 29.5 Å². The van der Waals surface area contributed by atoms with Gasteiger partial charge in [-0.1, -0.05) is 11.6 Å². The Morgan fingerprint density at radius 1 is 1.24 bits per heavy atom. The molecule has 0 bridgehead atoms. The van der Waals surface area contributed by atoms with Gasteiger partial charge in [-0.05, 0) is 50.1 Å². The van der Waals surface area contributed by atoms with Crippen molar-refractivity contribution in [1.82, 2.24) is 25.1 Å². The number of nitrogens with zero attached hydrogens (tertiary/aromatic N) is 4. The van der Waals surface area contributed by atoms with Crippen molar-refractivity contribution in [1.29, 1.82) is 0 Å². The van der Waals surface area contributed by atoms with Gasteiger partial charge in [-0.2, -0.15) is 4.68 Å². The highest BCUT2D eigenvalue weighted by Crippen LogP contribution is 2.38. The molecular formula is C21H20ClF2N5O3S. The van der Waals surface area contributed by atoms with Gasteiger partial charge in [0.05, 0.1) is 16.0 Å². The van der Waals surface area contributed by atoms with E-state index >= 15 is 0 Å². The lowest BCUT2D eigenvalue weighted by atomic mass is 10.1. The van der Waals surface area contributed by atoms with E-state index in [9.17, 15) is 22.0 Å². The van der Waals surface area contributed by atoms with E-state index in [2.05, 4.69) is 20.4 Å². The molecule has 1 amide bonds. The summed E-state index contributed by atoms with van der Waals surface area (Å²) in [4.78, 5) is 21.4. The quantitative estimate of drug-likeness (QED) is 0.530. The number of alkyl halides is 2. The minimum absolute atomic E-state index is 0.196. The third kappa shape index (κ3) is 5.19. The maximum atomic E-state index is 13.3. The molecule has 1 fully saturated rings. The Hall–Kier alpha value is -2.92. The number of sulfone groups is 1. The van der Waals surface area contributed by atoms with Crippen molar-refractivity contribution in [3.63, 3.8) is 0 Å². The molecule has 0 radical (unpaired) electrons. The first kappa shape index (κ1) is 23.2. The van der Waals surface area contributed by atoms with Gasteiger partial charge in [-0.25, -0.2) is 27.2 Å². The van der Waals surface area contributed by atoms with Crippen molar-refractivity contribution in [2.24, 2.45) is 0 Å². The number of aromatic nitrogens is 4. The summed E-state index contributed by atoms with van der Waals surface area (Å²) in [5.41, 5.74) is -0.751. The van der Waals surface area contributed by atoms with Crippen LogP contribution < -0.4 is 5.32 Å². The highest BCUT2D eigenvalue weighted by Gasteiger charge is 2.31. The van der Waals surface area contributed by atoms with Crippen LogP contribution in [0.1, 0.15) is 65.7 Å². The van der Waals surface area contributed by atoms with Crippen LogP contribution in [0.4, 0.5) is 8.78 Å². The van der Waals surface area contributed by atoms with E-state index in [0.717, 1.165) is 37.3 Å². The summed E-state index contributed by atoms with van der Waals surface area (Å²) in [7, 11) is -3.80. The SMILES string of the molecule is C[C@H](NC(=O)c1cc(C(F)F)cc(S(C)(=O)=O)c1)c1nc(C2CC2)nn1-c1ccc(Cl)cn1. The second kappa shape index (κ2) is 8.79. The van der Waals surface area contributed by atoms with Crippen LogP contribution in [-0.2, 0) is 9.84 Å². The van der Waals surface area contributed by atoms with Crippen LogP contribution in [0.15, 0.2) is 41.4 Å². The molecule has 4 rings (SSSR count). The lowest BCUT2D eigenvalue weighted by Gasteiger charge is -2.15. The van der Waals surface area contributed by atoms with Gasteiger partial charge in [-0.3, -0.25) is 4.79 Å². The van der Waals surface area contributed by atoms with Crippen molar-refractivity contribution in [3.05, 3.63) is 64.3 Å². The molecule has 1 atom stereocenters. The van der Waals surface area contributed by atoms with Crippen LogP contribution in [0.25, 0.3) is 5.82 Å². The van der Waals surface area contributed by atoms with Gasteiger partial charge in [0.2, 0.25) is 0 Å². The molecule has 1 aliphatic rings. The van der Waals surface area contributed by atoms with E-state index in [-0.39, 0.29) is 16.4 Å². The average Bonchev–Trinajstić information content (AvgIpc) is 3.51. The molecule has 0 aliphatic heterocycles. The highest BCUT2D eigenvalue weighted by atomic mass is 35.5. The molecule has 0 unspecified atom stereocenters. The van der Waals surface area contributed by atoms with Crippen LogP contribution >= 0.6 is 11.6 Å². The molecule has 0 saturated heterocycles. The van der Waals surface area contributed by atoms with Crippen molar-refractivity contribution in [2.45, 2.75) is 43.0 Å². The van der Waals surface area contributed by atoms with Crippen molar-refractivity contribution in [3.8, 4) is 5.82 Å². The molecular weight excluding hydrogens is 476 g/mol. The van der Waals surface area contributed by atoms with E-state index in [1.807, 2.05) is 0 Å². The fourth-order valence-corrected chi connectivity index (χ4v) is 4.04. The largest absolute Gasteiger partial charge is 0.342 e. The molecule has 0 spiro atoms. The van der Waals surface area contributed by atoms with Gasteiger partial charge in [0.25, 0.3) is 12.3 Å². The first-order valence-electron chi connectivity index (χ1n) is 10.1. The summed E-state index contributed by atoms with van der Waals surface area (Å²) in [6, 6.07) is 5.54. The van der Waals surface area contributed by atoms with E-state index in [1.165, 1.54) is 10.9 Å². The maximum Gasteiger partial charge on any atom is 0.263 e. The van der Waals surface area contributed by atoms with Crippen LogP contribution in [-0.4, -0.2) is 40.3 Å². The third-order valence-corrected chi connectivity index (χ3v) is 6.44. The number of carbonyl (C=O) groups is 1. The van der Waals surface area contributed by atoms with Crippen LogP contribution in [0.5, 0.6) is 0 Å². The Morgan fingerprint density at radius 2 is 1.97 bits per heavy atom. The van der Waals surface area contributed by atoms with Crippen molar-refractivity contribution in [2.75, 3.05) is 6.26 Å². The monoisotopic (exact) mass is 495 g/mol. The molecule has 2 aromatic heterocycles. The van der Waals surface area contributed by atoms with Crippen molar-refractivity contribution < 1.29 is 22.0 Å². The number of benzene rings is 1. The number of hydrogen-bond acceptors (Lipinski definition) is 6. The van der Waals surface area contributed by atoms with Gasteiger partial charge in [0.15, 0.2) is 27.3 Å². The predicted molar refractivity (Wildman–Crippen MR) is 117 cm³/mol. The van der Waals surface area contributed by atoms with Crippen molar-refractivity contribution >= 4 is 27.3 Å². The summed E-state index contributed by atoms with van der Waals surface area (Å²) >= 11 is 5.92. The zero-order valence-electron chi connectivity index (χ0n) is 17.7. The number of halogens is 3. The molecule has 174 valence electrons. The van der Waals surface area contributed by atoms with Gasteiger partial charge < -0.3 is 5.32 Å². The predicted octanol–water partition coefficient (Wildman–Crippen LogP) is 4.03. The van der Waals surface area contributed by atoms with Gasteiger partial charge in [0.1, 0.15) is 0 Å². The van der Waals surface area contributed by atoms with E-state index < -0.39 is 33.8 Å². The molecule has 2 heterocycles. The fraction of sp³-hybridized carbons (Fsp3) is 0.333. The lowest BCUT2D eigenvalue weighted by Crippen LogP contribution is -2.29. The van der Waals surface area contributed by atoms with Gasteiger partial charge >= 0.3 is 0 Å². The lowest BCUT2D eigenvalue weighted by molar-refractivity contribution is 0.0937. The Labute approximate surface area is 193 Å². The first-order chi connectivity index (χ1) is 15.5. The molecule has 33 heavy (non-hydrogen) atoms. The standard InChI is InChI=1S/C21H20ClF2N5O3S/c1-11(26-21(30)14-7-13(18(23)24)8-16(9-14)33(2,31)32)20-27-19(12-3-4-12)28-29(20)17-6-5-15(22)10-25-17/h5-12,18H,3-4H2,1-2H3,(H,26,30)/t11-/m0/s1. The number of pyridine rings is 1. The summed E-state index contributed by atoms with van der Waals surface area (Å²) in [5, 5.41) is 7.67. The van der Waals surface area contributed by atoms with Crippen LogP contribution in [0.3, 0.4) is 0 Å². The van der Waals surface area contributed by atoms with E-state index in [1.54, 1.807) is 19.1 Å². The average molecular weight is 496 g/mol. The Kier molecular flexibility index (Phi) is 6.19. The molecule has 3 aromatic rings. The van der Waals surface area contributed by atoms with Crippen LogP contribution in [0.2, 0.25) is 5.02 Å². The minimum atomic E-state index is -3.80. The second-order valence-corrected chi connectivity index (χ2v) is 10.4. The normalized spacial score (nSPS) is 15.0. The molecule has 12 heteroatoms. The Morgan fingerprint density at radius 3 is 2.55 bits per heavy atom. The smallest absolute Gasteiger partial charge is 0.263 e. The maximum absolute atomic E-state index is 13.3. The summed E-state index contributed by atoms with van der Waals surface area (Å²) < 4.78 is 51.9. The zero-order chi connectivity index (χ0) is 23.9. The number of amides is 1. The Bertz CT molecular complexity index is 1310. The summed E-state index contributed by atoms with van der Waals surface area (Å²) in [6.45, 7) is 1.67. The summed E-state index contributed by atoms with van der Waals surface area (Å²) in [6.07, 6.45) is 1.35. The molecule has 1 aromatic carbocycles. The number of nitrogens with one attached hydrogen (secondary N) is 1. The molecule has 8 nitrogen and oxygen atoms in total. The second-order valence-electron chi connectivity index (χ2n) is 7.91. The Balaban J connectivity index is 1.66. The highest BCUT2D eigenvalue weighted by molar-refractivity contribution is 7.90.